The third kappa shape index (κ3) is 5.21. The first kappa shape index (κ1) is 16.5. The van der Waals surface area contributed by atoms with Crippen molar-refractivity contribution in [1.82, 2.24) is 5.32 Å². The zero-order valence-electron chi connectivity index (χ0n) is 12.9. The van der Waals surface area contributed by atoms with Gasteiger partial charge >= 0.3 is 0 Å². The quantitative estimate of drug-likeness (QED) is 0.783. The number of hydrogen-bond donors (Lipinski definition) is 2. The summed E-state index contributed by atoms with van der Waals surface area (Å²) >= 11 is 0. The van der Waals surface area contributed by atoms with Crippen molar-refractivity contribution in [3.05, 3.63) is 29.8 Å². The van der Waals surface area contributed by atoms with Gasteiger partial charge in [-0.15, -0.1) is 0 Å². The van der Waals surface area contributed by atoms with Crippen LogP contribution in [0.3, 0.4) is 0 Å². The Balaban J connectivity index is 2.33. The van der Waals surface area contributed by atoms with E-state index in [2.05, 4.69) is 11.4 Å². The van der Waals surface area contributed by atoms with E-state index in [-0.39, 0.29) is 11.3 Å². The fraction of sp³-hybridized carbons (Fsp3) is 0.562. The molecule has 1 amide bonds. The average Bonchev–Trinajstić information content (AvgIpc) is 2.41. The van der Waals surface area contributed by atoms with Crippen LogP contribution in [-0.2, 0) is 11.2 Å². The zero-order chi connectivity index (χ0) is 15.2. The Hall–Kier alpha value is -1.55. The summed E-state index contributed by atoms with van der Waals surface area (Å²) in [5.74, 6) is 0.782. The van der Waals surface area contributed by atoms with E-state index in [9.17, 15) is 4.79 Å². The lowest BCUT2D eigenvalue weighted by Crippen LogP contribution is -2.48. The van der Waals surface area contributed by atoms with Crippen molar-refractivity contribution in [1.29, 1.82) is 0 Å². The minimum Gasteiger partial charge on any atom is -0.497 e. The lowest BCUT2D eigenvalue weighted by atomic mass is 9.87. The Labute approximate surface area is 121 Å². The van der Waals surface area contributed by atoms with Gasteiger partial charge in [0.2, 0.25) is 5.91 Å². The van der Waals surface area contributed by atoms with Crippen LogP contribution < -0.4 is 15.8 Å². The molecule has 112 valence electrons. The monoisotopic (exact) mass is 278 g/mol. The van der Waals surface area contributed by atoms with Crippen molar-refractivity contribution < 1.29 is 9.53 Å². The number of carbonyl (C=O) groups excluding carboxylic acids is 1. The van der Waals surface area contributed by atoms with Crippen LogP contribution in [0.25, 0.3) is 0 Å². The maximum atomic E-state index is 11.8. The van der Waals surface area contributed by atoms with Crippen molar-refractivity contribution in [2.75, 3.05) is 13.7 Å². The normalized spacial score (nSPS) is 12.8. The fourth-order valence-electron chi connectivity index (χ4n) is 1.84. The first-order valence-electron chi connectivity index (χ1n) is 7.01. The number of benzene rings is 1. The van der Waals surface area contributed by atoms with Crippen molar-refractivity contribution in [3.8, 4) is 5.75 Å². The van der Waals surface area contributed by atoms with E-state index in [1.165, 1.54) is 5.56 Å². The maximum Gasteiger partial charge on any atom is 0.237 e. The molecule has 3 N–H and O–H groups in total. The molecule has 0 spiro atoms. The molecule has 0 unspecified atom stereocenters. The van der Waals surface area contributed by atoms with E-state index in [1.54, 1.807) is 7.11 Å². The van der Waals surface area contributed by atoms with Gasteiger partial charge in [0, 0.05) is 6.54 Å². The van der Waals surface area contributed by atoms with E-state index in [0.29, 0.717) is 6.54 Å². The molecule has 0 aliphatic rings. The highest BCUT2D eigenvalue weighted by atomic mass is 16.5. The first-order chi connectivity index (χ1) is 9.34. The summed E-state index contributed by atoms with van der Waals surface area (Å²) in [6.45, 7) is 6.54. The molecule has 0 saturated heterocycles. The minimum atomic E-state index is -0.473. The summed E-state index contributed by atoms with van der Waals surface area (Å²) in [5, 5.41) is 2.89. The van der Waals surface area contributed by atoms with Gasteiger partial charge in [0.05, 0.1) is 13.2 Å². The average molecular weight is 278 g/mol. The van der Waals surface area contributed by atoms with Crippen LogP contribution >= 0.6 is 0 Å². The van der Waals surface area contributed by atoms with Crippen LogP contribution in [0.1, 0.15) is 32.8 Å². The second-order valence-electron chi connectivity index (χ2n) is 6.09. The third-order valence-corrected chi connectivity index (χ3v) is 3.29. The van der Waals surface area contributed by atoms with Gasteiger partial charge in [0.1, 0.15) is 5.75 Å². The molecule has 20 heavy (non-hydrogen) atoms. The summed E-state index contributed by atoms with van der Waals surface area (Å²) in [6, 6.07) is 7.50. The Morgan fingerprint density at radius 1 is 1.40 bits per heavy atom. The molecule has 0 aliphatic carbocycles. The fourth-order valence-corrected chi connectivity index (χ4v) is 1.84. The van der Waals surface area contributed by atoms with E-state index < -0.39 is 6.04 Å². The van der Waals surface area contributed by atoms with Gasteiger partial charge in [-0.25, -0.2) is 0 Å². The van der Waals surface area contributed by atoms with Crippen LogP contribution in [-0.4, -0.2) is 25.6 Å². The predicted octanol–water partition coefficient (Wildman–Crippen LogP) is 2.12. The van der Waals surface area contributed by atoms with Crippen molar-refractivity contribution in [2.24, 2.45) is 11.1 Å². The number of rotatable bonds is 6. The van der Waals surface area contributed by atoms with Crippen LogP contribution in [0, 0.1) is 5.41 Å². The number of ether oxygens (including phenoxy) is 1. The molecular weight excluding hydrogens is 252 g/mol. The van der Waals surface area contributed by atoms with E-state index >= 15 is 0 Å². The Morgan fingerprint density at radius 2 is 2.10 bits per heavy atom. The van der Waals surface area contributed by atoms with Crippen molar-refractivity contribution >= 4 is 5.91 Å². The molecule has 0 fully saturated rings. The highest BCUT2D eigenvalue weighted by Crippen LogP contribution is 2.17. The molecule has 1 aromatic rings. The molecular formula is C16H26N2O2. The van der Waals surface area contributed by atoms with Gasteiger partial charge in [-0.3, -0.25) is 4.79 Å². The lowest BCUT2D eigenvalue weighted by Gasteiger charge is -2.25. The van der Waals surface area contributed by atoms with E-state index in [1.807, 2.05) is 39.0 Å². The molecule has 1 rings (SSSR count). The number of aryl methyl sites for hydroxylation is 1. The first-order valence-corrected chi connectivity index (χ1v) is 7.01. The van der Waals surface area contributed by atoms with Gasteiger partial charge in [-0.2, -0.15) is 0 Å². The summed E-state index contributed by atoms with van der Waals surface area (Å²) in [4.78, 5) is 11.8. The molecule has 0 radical (unpaired) electrons. The molecule has 1 atom stereocenters. The lowest BCUT2D eigenvalue weighted by molar-refractivity contribution is -0.124. The second kappa shape index (κ2) is 7.29. The topological polar surface area (TPSA) is 64.3 Å². The van der Waals surface area contributed by atoms with Crippen LogP contribution in [0.15, 0.2) is 24.3 Å². The number of nitrogens with one attached hydrogen (secondary N) is 1. The summed E-state index contributed by atoms with van der Waals surface area (Å²) in [7, 11) is 1.66. The number of hydrogen-bond acceptors (Lipinski definition) is 3. The predicted molar refractivity (Wildman–Crippen MR) is 81.8 cm³/mol. The Bertz CT molecular complexity index is 438. The van der Waals surface area contributed by atoms with Crippen LogP contribution in [0.5, 0.6) is 5.75 Å². The summed E-state index contributed by atoms with van der Waals surface area (Å²) in [6.07, 6.45) is 1.79. The van der Waals surface area contributed by atoms with Gasteiger partial charge in [-0.05, 0) is 36.0 Å². The standard InChI is InChI=1S/C16H26N2O2/c1-16(2,3)14(17)15(19)18-10-6-8-12-7-5-9-13(11-12)20-4/h5,7,9,11,14H,6,8,10,17H2,1-4H3,(H,18,19)/t14-/m1/s1. The smallest absolute Gasteiger partial charge is 0.237 e. The number of methoxy groups -OCH3 is 1. The maximum absolute atomic E-state index is 11.8. The summed E-state index contributed by atoms with van der Waals surface area (Å²) < 4.78 is 5.18. The van der Waals surface area contributed by atoms with Crippen molar-refractivity contribution in [2.45, 2.75) is 39.7 Å². The van der Waals surface area contributed by atoms with Gasteiger partial charge in [-0.1, -0.05) is 32.9 Å². The Kier molecular flexibility index (Phi) is 6.02. The Morgan fingerprint density at radius 3 is 2.70 bits per heavy atom. The number of carbonyl (C=O) groups is 1. The molecule has 4 nitrogen and oxygen atoms in total. The molecule has 1 aromatic carbocycles. The zero-order valence-corrected chi connectivity index (χ0v) is 12.9. The number of nitrogens with two attached hydrogens (primary N) is 1. The van der Waals surface area contributed by atoms with Crippen molar-refractivity contribution in [3.63, 3.8) is 0 Å². The molecule has 0 heterocycles. The third-order valence-electron chi connectivity index (χ3n) is 3.29. The van der Waals surface area contributed by atoms with Crippen LogP contribution in [0.2, 0.25) is 0 Å². The highest BCUT2D eigenvalue weighted by Gasteiger charge is 2.26. The largest absolute Gasteiger partial charge is 0.497 e. The molecule has 4 heteroatoms. The minimum absolute atomic E-state index is 0.0804. The van der Waals surface area contributed by atoms with Crippen LogP contribution in [0.4, 0.5) is 0 Å². The molecule has 0 aliphatic heterocycles. The second-order valence-corrected chi connectivity index (χ2v) is 6.09. The summed E-state index contributed by atoms with van der Waals surface area (Å²) in [5.41, 5.74) is 6.89. The SMILES string of the molecule is COc1cccc(CCCNC(=O)[C@@H](N)C(C)(C)C)c1. The van der Waals surface area contributed by atoms with E-state index in [4.69, 9.17) is 10.5 Å². The number of amides is 1. The van der Waals surface area contributed by atoms with Gasteiger partial charge in [0.15, 0.2) is 0 Å². The molecule has 0 bridgehead atoms. The molecule has 0 saturated carbocycles. The molecule has 0 aromatic heterocycles. The van der Waals surface area contributed by atoms with E-state index in [0.717, 1.165) is 18.6 Å². The van der Waals surface area contributed by atoms with Gasteiger partial charge in [0.25, 0.3) is 0 Å². The highest BCUT2D eigenvalue weighted by molar-refractivity contribution is 5.82. The van der Waals surface area contributed by atoms with Gasteiger partial charge < -0.3 is 15.8 Å².